The fraction of sp³-hybridized carbons (Fsp3) is 0.588. The molecule has 0 radical (unpaired) electrons. The number of alkyl carbamates (subject to hydrolysis) is 1. The van der Waals surface area contributed by atoms with Crippen molar-refractivity contribution in [3.8, 4) is 5.75 Å². The molecule has 0 saturated heterocycles. The number of amides is 1. The fourth-order valence-electron chi connectivity index (χ4n) is 2.07. The minimum Gasteiger partial charge on any atom is -0.485 e. The van der Waals surface area contributed by atoms with Crippen molar-refractivity contribution in [2.75, 3.05) is 13.2 Å². The van der Waals surface area contributed by atoms with Gasteiger partial charge in [-0.05, 0) is 34.6 Å². The van der Waals surface area contributed by atoms with Gasteiger partial charge in [-0.3, -0.25) is 10.1 Å². The van der Waals surface area contributed by atoms with Crippen LogP contribution in [0.1, 0.15) is 40.2 Å². The topological polar surface area (TPSA) is 99.9 Å². The van der Waals surface area contributed by atoms with Gasteiger partial charge in [0.2, 0.25) is 11.6 Å². The monoisotopic (exact) mass is 390 g/mol. The van der Waals surface area contributed by atoms with Crippen molar-refractivity contribution in [3.05, 3.63) is 33.4 Å². The van der Waals surface area contributed by atoms with Crippen molar-refractivity contribution in [1.82, 2.24) is 5.32 Å². The number of halogens is 2. The molecule has 0 aliphatic carbocycles. The Morgan fingerprint density at radius 3 is 2.48 bits per heavy atom. The summed E-state index contributed by atoms with van der Waals surface area (Å²) in [4.78, 5) is 21.8. The standard InChI is InChI=1S/C17H24F2N2O6/c1-6-26-15-12(21(23)24)7-11(13(18)14(15)19)9-25-8-10(2)20-16(22)27-17(3,4)5/h7,10H,6,8-9H2,1-5H3,(H,20,22)/t10-/m1/s1. The Morgan fingerprint density at radius 2 is 1.96 bits per heavy atom. The highest BCUT2D eigenvalue weighted by molar-refractivity contribution is 5.68. The SMILES string of the molecule is CCOc1c([N+](=O)[O-])cc(COC[C@@H](C)NC(=O)OC(C)(C)C)c(F)c1F. The molecule has 0 aliphatic rings. The second-order valence-corrected chi connectivity index (χ2v) is 6.76. The van der Waals surface area contributed by atoms with E-state index in [0.717, 1.165) is 6.07 Å². The molecule has 0 bridgehead atoms. The largest absolute Gasteiger partial charge is 0.485 e. The fourth-order valence-corrected chi connectivity index (χ4v) is 2.07. The van der Waals surface area contributed by atoms with E-state index in [1.54, 1.807) is 27.7 Å². The van der Waals surface area contributed by atoms with Gasteiger partial charge in [0.15, 0.2) is 5.82 Å². The second kappa shape index (κ2) is 9.45. The molecular weight excluding hydrogens is 366 g/mol. The van der Waals surface area contributed by atoms with Crippen LogP contribution >= 0.6 is 0 Å². The number of nitro benzene ring substituents is 1. The molecule has 1 aromatic rings. The minimum atomic E-state index is -1.44. The van der Waals surface area contributed by atoms with Crippen molar-refractivity contribution in [2.24, 2.45) is 0 Å². The predicted molar refractivity (Wildman–Crippen MR) is 92.7 cm³/mol. The predicted octanol–water partition coefficient (Wildman–Crippen LogP) is 3.70. The molecule has 1 amide bonds. The van der Waals surface area contributed by atoms with E-state index in [0.29, 0.717) is 0 Å². The van der Waals surface area contributed by atoms with Crippen molar-refractivity contribution >= 4 is 11.8 Å². The smallest absolute Gasteiger partial charge is 0.407 e. The third-order valence-electron chi connectivity index (χ3n) is 3.09. The van der Waals surface area contributed by atoms with Crippen molar-refractivity contribution < 1.29 is 32.7 Å². The molecule has 1 rings (SSSR count). The van der Waals surface area contributed by atoms with Crippen LogP contribution in [0.5, 0.6) is 5.75 Å². The number of nitrogens with zero attached hydrogens (tertiary/aromatic N) is 1. The maximum atomic E-state index is 14.1. The van der Waals surface area contributed by atoms with Crippen molar-refractivity contribution in [1.29, 1.82) is 0 Å². The second-order valence-electron chi connectivity index (χ2n) is 6.76. The van der Waals surface area contributed by atoms with Gasteiger partial charge in [-0.1, -0.05) is 0 Å². The molecular formula is C17H24F2N2O6. The number of rotatable bonds is 8. The van der Waals surface area contributed by atoms with Gasteiger partial charge in [0.05, 0.1) is 30.8 Å². The van der Waals surface area contributed by atoms with E-state index in [-0.39, 0.29) is 18.8 Å². The third kappa shape index (κ3) is 6.97. The zero-order chi connectivity index (χ0) is 20.8. The zero-order valence-electron chi connectivity index (χ0n) is 15.9. The molecule has 1 atom stereocenters. The van der Waals surface area contributed by atoms with Crippen molar-refractivity contribution in [2.45, 2.75) is 52.9 Å². The summed E-state index contributed by atoms with van der Waals surface area (Å²) in [6, 6.07) is 0.389. The Kier molecular flexibility index (Phi) is 7.89. The number of benzene rings is 1. The average Bonchev–Trinajstić information content (AvgIpc) is 2.51. The van der Waals surface area contributed by atoms with E-state index in [1.165, 1.54) is 6.92 Å². The number of hydrogen-bond donors (Lipinski definition) is 1. The van der Waals surface area contributed by atoms with Crippen LogP contribution in [0.3, 0.4) is 0 Å². The minimum absolute atomic E-state index is 0.0404. The van der Waals surface area contributed by atoms with E-state index in [1.807, 2.05) is 0 Å². The lowest BCUT2D eigenvalue weighted by Gasteiger charge is -2.22. The Bertz CT molecular complexity index is 691. The normalized spacial score (nSPS) is 12.4. The summed E-state index contributed by atoms with van der Waals surface area (Å²) in [5.74, 6) is -3.47. The van der Waals surface area contributed by atoms with Crippen LogP contribution < -0.4 is 10.1 Å². The maximum Gasteiger partial charge on any atom is 0.407 e. The lowest BCUT2D eigenvalue weighted by molar-refractivity contribution is -0.386. The lowest BCUT2D eigenvalue weighted by atomic mass is 10.1. The first-order valence-corrected chi connectivity index (χ1v) is 8.31. The van der Waals surface area contributed by atoms with Crippen LogP contribution in [-0.2, 0) is 16.1 Å². The highest BCUT2D eigenvalue weighted by Gasteiger charge is 2.27. The molecule has 152 valence electrons. The molecule has 0 saturated carbocycles. The van der Waals surface area contributed by atoms with E-state index in [4.69, 9.17) is 14.2 Å². The number of ether oxygens (including phenoxy) is 3. The van der Waals surface area contributed by atoms with Crippen LogP contribution in [0.4, 0.5) is 19.3 Å². The van der Waals surface area contributed by atoms with E-state index >= 15 is 0 Å². The molecule has 0 fully saturated rings. The summed E-state index contributed by atoms with van der Waals surface area (Å²) in [5, 5.41) is 13.6. The Labute approximate surface area is 155 Å². The number of nitrogens with one attached hydrogen (secondary N) is 1. The molecule has 0 aliphatic heterocycles. The average molecular weight is 390 g/mol. The Morgan fingerprint density at radius 1 is 1.33 bits per heavy atom. The van der Waals surface area contributed by atoms with Gasteiger partial charge in [0.25, 0.3) is 0 Å². The van der Waals surface area contributed by atoms with Crippen LogP contribution in [0.15, 0.2) is 6.07 Å². The summed E-state index contributed by atoms with van der Waals surface area (Å²) in [6.07, 6.45) is -0.646. The Hall–Kier alpha value is -2.49. The van der Waals surface area contributed by atoms with Crippen LogP contribution in [-0.4, -0.2) is 35.9 Å². The van der Waals surface area contributed by atoms with Gasteiger partial charge >= 0.3 is 11.8 Å². The molecule has 0 spiro atoms. The molecule has 1 N–H and O–H groups in total. The molecule has 0 unspecified atom stereocenters. The Balaban J connectivity index is 2.74. The van der Waals surface area contributed by atoms with Crippen LogP contribution in [0.25, 0.3) is 0 Å². The zero-order valence-corrected chi connectivity index (χ0v) is 15.9. The summed E-state index contributed by atoms with van der Waals surface area (Å²) in [6.45, 7) is 7.74. The van der Waals surface area contributed by atoms with E-state index < -0.39 is 52.3 Å². The van der Waals surface area contributed by atoms with E-state index in [2.05, 4.69) is 5.32 Å². The van der Waals surface area contributed by atoms with Gasteiger partial charge < -0.3 is 19.5 Å². The molecule has 0 heterocycles. The van der Waals surface area contributed by atoms with Gasteiger partial charge in [0, 0.05) is 11.6 Å². The first kappa shape index (κ1) is 22.6. The lowest BCUT2D eigenvalue weighted by Crippen LogP contribution is -2.39. The summed E-state index contributed by atoms with van der Waals surface area (Å²) >= 11 is 0. The number of nitro groups is 1. The molecule has 27 heavy (non-hydrogen) atoms. The third-order valence-corrected chi connectivity index (χ3v) is 3.09. The van der Waals surface area contributed by atoms with Crippen molar-refractivity contribution in [3.63, 3.8) is 0 Å². The highest BCUT2D eigenvalue weighted by Crippen LogP contribution is 2.34. The van der Waals surface area contributed by atoms with Gasteiger partial charge in [-0.2, -0.15) is 4.39 Å². The van der Waals surface area contributed by atoms with Crippen LogP contribution in [0, 0.1) is 21.7 Å². The number of hydrogen-bond acceptors (Lipinski definition) is 6. The van der Waals surface area contributed by atoms with E-state index in [9.17, 15) is 23.7 Å². The summed E-state index contributed by atoms with van der Waals surface area (Å²) in [7, 11) is 0. The maximum absolute atomic E-state index is 14.1. The summed E-state index contributed by atoms with van der Waals surface area (Å²) in [5.41, 5.74) is -1.67. The quantitative estimate of drug-likeness (QED) is 0.537. The number of carbonyl (C=O) groups is 1. The molecule has 10 heteroatoms. The van der Waals surface area contributed by atoms with Gasteiger partial charge in [-0.25, -0.2) is 9.18 Å². The van der Waals surface area contributed by atoms with Crippen LogP contribution in [0.2, 0.25) is 0 Å². The highest BCUT2D eigenvalue weighted by atomic mass is 19.2. The number of carbonyl (C=O) groups excluding carboxylic acids is 1. The van der Waals surface area contributed by atoms with Gasteiger partial charge in [0.1, 0.15) is 5.60 Å². The van der Waals surface area contributed by atoms with Gasteiger partial charge in [-0.15, -0.1) is 0 Å². The molecule has 1 aromatic carbocycles. The molecule has 8 nitrogen and oxygen atoms in total. The first-order chi connectivity index (χ1) is 12.5. The summed E-state index contributed by atoms with van der Waals surface area (Å²) < 4.78 is 43.3. The molecule has 0 aromatic heterocycles. The first-order valence-electron chi connectivity index (χ1n) is 8.31.